The molecular weight excluding hydrogens is 313 g/mol. The molecule has 0 bridgehead atoms. The van der Waals surface area contributed by atoms with E-state index in [2.05, 4.69) is 16.3 Å². The summed E-state index contributed by atoms with van der Waals surface area (Å²) in [6, 6.07) is 9.79. The van der Waals surface area contributed by atoms with Crippen LogP contribution in [0.5, 0.6) is 0 Å². The van der Waals surface area contributed by atoms with E-state index < -0.39 is 6.57 Å². The van der Waals surface area contributed by atoms with E-state index in [1.165, 1.54) is 11.8 Å². The molecule has 0 aliphatic rings. The Morgan fingerprint density at radius 2 is 2.06 bits per heavy atom. The number of hydrogen-bond donors (Lipinski definition) is 3. The molecule has 1 aromatic carbocycles. The fourth-order valence-electron chi connectivity index (χ4n) is 0.811. The first-order valence-electron chi connectivity index (χ1n) is 4.44. The van der Waals surface area contributed by atoms with Crippen molar-refractivity contribution in [2.75, 3.05) is 7.05 Å². The lowest BCUT2D eigenvalue weighted by Crippen LogP contribution is -2.20. The molecule has 0 heterocycles. The first-order valence-corrected chi connectivity index (χ1v) is 9.27. The van der Waals surface area contributed by atoms with Gasteiger partial charge in [-0.15, -0.1) is 0 Å². The summed E-state index contributed by atoms with van der Waals surface area (Å²) in [4.78, 5) is 10.3. The largest absolute Gasteiger partial charge is 0.342 e. The van der Waals surface area contributed by atoms with Crippen LogP contribution in [-0.4, -0.2) is 20.6 Å². The SMILES string of the molecule is CN(SNP(N)(O)=S)C(=S)Sc1ccccc1. The minimum absolute atomic E-state index is 0.650. The van der Waals surface area contributed by atoms with E-state index in [0.717, 1.165) is 17.0 Å². The Morgan fingerprint density at radius 3 is 2.59 bits per heavy atom. The molecular formula is C8H12N3OPS4. The number of hydrogen-bond acceptors (Lipinski definition) is 4. The van der Waals surface area contributed by atoms with Gasteiger partial charge in [-0.3, -0.25) is 9.81 Å². The predicted molar refractivity (Wildman–Crippen MR) is 84.1 cm³/mol. The van der Waals surface area contributed by atoms with Gasteiger partial charge >= 0.3 is 0 Å². The highest BCUT2D eigenvalue weighted by Gasteiger charge is 2.11. The highest BCUT2D eigenvalue weighted by atomic mass is 32.5. The number of benzene rings is 1. The first kappa shape index (κ1) is 15.4. The summed E-state index contributed by atoms with van der Waals surface area (Å²) in [5.74, 6) is 0. The highest BCUT2D eigenvalue weighted by molar-refractivity contribution is 8.24. The summed E-state index contributed by atoms with van der Waals surface area (Å²) < 4.78 is 4.93. The lowest BCUT2D eigenvalue weighted by atomic mass is 10.4. The monoisotopic (exact) mass is 325 g/mol. The lowest BCUT2D eigenvalue weighted by Gasteiger charge is -2.19. The topological polar surface area (TPSA) is 61.5 Å². The van der Waals surface area contributed by atoms with Gasteiger partial charge in [0.15, 0.2) is 4.32 Å². The van der Waals surface area contributed by atoms with Gasteiger partial charge in [-0.1, -0.05) is 42.2 Å². The summed E-state index contributed by atoms with van der Waals surface area (Å²) in [6.45, 7) is -2.91. The summed E-state index contributed by atoms with van der Waals surface area (Å²) in [7, 11) is 1.78. The van der Waals surface area contributed by atoms with Crippen LogP contribution in [0, 0.1) is 0 Å². The molecule has 1 atom stereocenters. The fraction of sp³-hybridized carbons (Fsp3) is 0.125. The zero-order valence-corrected chi connectivity index (χ0v) is 13.1. The lowest BCUT2D eigenvalue weighted by molar-refractivity contribution is 0.619. The molecule has 0 spiro atoms. The van der Waals surface area contributed by atoms with Crippen LogP contribution < -0.4 is 10.00 Å². The van der Waals surface area contributed by atoms with Gasteiger partial charge in [-0.05, 0) is 23.9 Å². The van der Waals surface area contributed by atoms with E-state index in [4.69, 9.17) is 17.7 Å². The van der Waals surface area contributed by atoms with Crippen LogP contribution in [0.2, 0.25) is 0 Å². The Kier molecular flexibility index (Phi) is 6.39. The van der Waals surface area contributed by atoms with Crippen LogP contribution in [0.3, 0.4) is 0 Å². The molecule has 9 heteroatoms. The molecule has 0 saturated heterocycles. The molecule has 0 aliphatic carbocycles. The van der Waals surface area contributed by atoms with Crippen molar-refractivity contribution in [3.05, 3.63) is 30.3 Å². The number of nitrogens with one attached hydrogen (secondary N) is 1. The number of nitrogens with two attached hydrogens (primary N) is 1. The molecule has 0 radical (unpaired) electrons. The van der Waals surface area contributed by atoms with Gasteiger partial charge in [0, 0.05) is 24.1 Å². The van der Waals surface area contributed by atoms with Crippen molar-refractivity contribution >= 4 is 58.8 Å². The van der Waals surface area contributed by atoms with Gasteiger partial charge in [0.05, 0.1) is 0 Å². The molecule has 1 aromatic rings. The second-order valence-electron chi connectivity index (χ2n) is 2.98. The number of nitrogens with zero attached hydrogens (tertiary/aromatic N) is 1. The Labute approximate surface area is 120 Å². The Bertz CT molecular complexity index is 424. The molecule has 0 aliphatic heterocycles. The zero-order valence-electron chi connectivity index (χ0n) is 8.94. The summed E-state index contributed by atoms with van der Waals surface area (Å²) in [5.41, 5.74) is 5.31. The molecule has 1 unspecified atom stereocenters. The number of rotatable bonds is 4. The minimum atomic E-state index is -2.91. The first-order chi connectivity index (χ1) is 7.88. The third-order valence-corrected chi connectivity index (χ3v) is 5.73. The average Bonchev–Trinajstić information content (AvgIpc) is 2.26. The van der Waals surface area contributed by atoms with Crippen LogP contribution in [-0.2, 0) is 11.8 Å². The Balaban J connectivity index is 2.45. The van der Waals surface area contributed by atoms with Crippen molar-refractivity contribution < 1.29 is 4.89 Å². The van der Waals surface area contributed by atoms with Crippen LogP contribution in [0.1, 0.15) is 0 Å². The van der Waals surface area contributed by atoms with Crippen LogP contribution in [0.15, 0.2) is 35.2 Å². The van der Waals surface area contributed by atoms with E-state index in [1.807, 2.05) is 30.3 Å². The summed E-state index contributed by atoms with van der Waals surface area (Å²) >= 11 is 12.4. The Hall–Kier alpha value is 0.340. The van der Waals surface area contributed by atoms with Crippen LogP contribution in [0.4, 0.5) is 0 Å². The van der Waals surface area contributed by atoms with Gasteiger partial charge < -0.3 is 4.89 Å². The molecule has 0 aromatic heterocycles. The second kappa shape index (κ2) is 7.06. The maximum absolute atomic E-state index is 9.23. The van der Waals surface area contributed by atoms with Crippen molar-refractivity contribution in [1.82, 2.24) is 8.80 Å². The smallest absolute Gasteiger partial charge is 0.203 e. The zero-order chi connectivity index (χ0) is 12.9. The maximum Gasteiger partial charge on any atom is 0.203 e. The normalized spacial score (nSPS) is 14.1. The van der Waals surface area contributed by atoms with Crippen molar-refractivity contribution in [3.63, 3.8) is 0 Å². The third kappa shape index (κ3) is 6.73. The molecule has 4 nitrogen and oxygen atoms in total. The molecule has 0 saturated carbocycles. The second-order valence-corrected chi connectivity index (χ2v) is 9.07. The van der Waals surface area contributed by atoms with E-state index in [-0.39, 0.29) is 0 Å². The molecule has 1 rings (SSSR count). The van der Waals surface area contributed by atoms with E-state index in [0.29, 0.717) is 4.32 Å². The van der Waals surface area contributed by atoms with Gasteiger partial charge in [0.1, 0.15) is 0 Å². The van der Waals surface area contributed by atoms with E-state index in [9.17, 15) is 4.89 Å². The fourth-order valence-corrected chi connectivity index (χ4v) is 3.39. The van der Waals surface area contributed by atoms with E-state index >= 15 is 0 Å². The molecule has 94 valence electrons. The summed E-state index contributed by atoms with van der Waals surface area (Å²) in [5, 5.41) is 0. The van der Waals surface area contributed by atoms with Gasteiger partial charge in [0.2, 0.25) is 6.57 Å². The van der Waals surface area contributed by atoms with Crippen LogP contribution in [0.25, 0.3) is 0 Å². The molecule has 0 fully saturated rings. The van der Waals surface area contributed by atoms with Crippen molar-refractivity contribution in [1.29, 1.82) is 0 Å². The quantitative estimate of drug-likeness (QED) is 0.337. The van der Waals surface area contributed by atoms with E-state index in [1.54, 1.807) is 11.4 Å². The van der Waals surface area contributed by atoms with Gasteiger partial charge in [-0.2, -0.15) is 4.49 Å². The van der Waals surface area contributed by atoms with Gasteiger partial charge in [0.25, 0.3) is 0 Å². The average molecular weight is 325 g/mol. The number of thioether (sulfide) groups is 1. The Morgan fingerprint density at radius 1 is 1.47 bits per heavy atom. The minimum Gasteiger partial charge on any atom is -0.342 e. The highest BCUT2D eigenvalue weighted by Crippen LogP contribution is 2.30. The molecule has 4 N–H and O–H groups in total. The molecule has 0 amide bonds. The predicted octanol–water partition coefficient (Wildman–Crippen LogP) is 2.32. The number of thiocarbonyl (C=S) groups is 1. The van der Waals surface area contributed by atoms with Crippen molar-refractivity contribution in [2.24, 2.45) is 5.50 Å². The maximum atomic E-state index is 9.23. The standard InChI is InChI=1S/C8H12N3OPS4/c1-11(17-10-13(9,12)15)8(14)16-7-5-3-2-4-6-7/h2-6H,1H3,(H4,9,10,12,15). The van der Waals surface area contributed by atoms with Crippen LogP contribution >= 0.6 is 42.7 Å². The van der Waals surface area contributed by atoms with Crippen molar-refractivity contribution in [3.8, 4) is 0 Å². The molecule has 17 heavy (non-hydrogen) atoms. The summed E-state index contributed by atoms with van der Waals surface area (Å²) in [6.07, 6.45) is 0. The van der Waals surface area contributed by atoms with Crippen molar-refractivity contribution in [2.45, 2.75) is 4.90 Å². The third-order valence-electron chi connectivity index (χ3n) is 1.51. The van der Waals surface area contributed by atoms with Gasteiger partial charge in [-0.25, -0.2) is 0 Å².